The maximum atomic E-state index is 11.7. The number of carbonyl (C=O) groups excluding carboxylic acids is 1. The Bertz CT molecular complexity index is 396. The van der Waals surface area contributed by atoms with E-state index in [1.54, 1.807) is 0 Å². The smallest absolute Gasteiger partial charge is 0.120 e. The van der Waals surface area contributed by atoms with Crippen LogP contribution in [0.1, 0.15) is 18.4 Å². The summed E-state index contributed by atoms with van der Waals surface area (Å²) in [6.45, 7) is 2.46. The van der Waals surface area contributed by atoms with Crippen molar-refractivity contribution in [2.24, 2.45) is 0 Å². The number of aryl methyl sites for hydroxylation is 1. The molecule has 3 nitrogen and oxygen atoms in total. The fourth-order valence-corrected chi connectivity index (χ4v) is 1.90. The van der Waals surface area contributed by atoms with Crippen molar-refractivity contribution >= 4 is 17.1 Å². The number of rotatable bonds is 7. The third-order valence-electron chi connectivity index (χ3n) is 2.11. The Morgan fingerprint density at radius 3 is 2.65 bits per heavy atom. The molecule has 0 N–H and O–H groups in total. The van der Waals surface area contributed by atoms with Crippen LogP contribution >= 0.6 is 0 Å². The molecular weight excluding hydrogens is 236 g/mol. The van der Waals surface area contributed by atoms with Crippen LogP contribution in [0.5, 0.6) is 0 Å². The van der Waals surface area contributed by atoms with Crippen LogP contribution in [0.25, 0.3) is 0 Å². The summed E-state index contributed by atoms with van der Waals surface area (Å²) in [5.74, 6) is 0. The van der Waals surface area contributed by atoms with Gasteiger partial charge in [0.15, 0.2) is 0 Å². The topological polar surface area (TPSA) is 43.4 Å². The first-order chi connectivity index (χ1) is 8.24. The highest BCUT2D eigenvalue weighted by Crippen LogP contribution is 2.09. The van der Waals surface area contributed by atoms with E-state index in [2.05, 4.69) is 0 Å². The van der Waals surface area contributed by atoms with Gasteiger partial charge >= 0.3 is 0 Å². The molecule has 0 radical (unpaired) electrons. The quantitative estimate of drug-likeness (QED) is 0.425. The molecule has 0 aliphatic carbocycles. The van der Waals surface area contributed by atoms with Gasteiger partial charge in [-0.05, 0) is 25.5 Å². The molecule has 4 heteroatoms. The van der Waals surface area contributed by atoms with Crippen LogP contribution in [0.3, 0.4) is 0 Å². The summed E-state index contributed by atoms with van der Waals surface area (Å²) >= 11 is 0. The fraction of sp³-hybridized carbons (Fsp3) is 0.308. The van der Waals surface area contributed by atoms with Crippen molar-refractivity contribution in [3.63, 3.8) is 0 Å². The molecule has 1 aromatic carbocycles. The second-order valence-corrected chi connectivity index (χ2v) is 4.90. The third kappa shape index (κ3) is 5.45. The van der Waals surface area contributed by atoms with Crippen LogP contribution in [0.15, 0.2) is 40.8 Å². The maximum absolute atomic E-state index is 11.7. The number of benzene rings is 1. The van der Waals surface area contributed by atoms with Gasteiger partial charge in [0.25, 0.3) is 0 Å². The van der Waals surface area contributed by atoms with Crippen molar-refractivity contribution in [2.45, 2.75) is 24.7 Å². The Hall–Kier alpha value is -1.42. The van der Waals surface area contributed by atoms with Gasteiger partial charge in [0.1, 0.15) is 6.29 Å². The van der Waals surface area contributed by atoms with E-state index in [0.717, 1.165) is 16.7 Å². The Kier molecular flexibility index (Phi) is 6.25. The molecule has 92 valence electrons. The molecule has 0 saturated heterocycles. The van der Waals surface area contributed by atoms with Crippen LogP contribution in [0.4, 0.5) is 0 Å². The Labute approximate surface area is 104 Å². The number of hydrogen-bond acceptors (Lipinski definition) is 3. The van der Waals surface area contributed by atoms with Crippen molar-refractivity contribution in [2.75, 3.05) is 6.61 Å². The summed E-state index contributed by atoms with van der Waals surface area (Å²) in [6.07, 6.45) is 3.47. The van der Waals surface area contributed by atoms with Crippen LogP contribution in [0.2, 0.25) is 0 Å². The van der Waals surface area contributed by atoms with Crippen molar-refractivity contribution in [1.82, 2.24) is 0 Å². The summed E-state index contributed by atoms with van der Waals surface area (Å²) in [7, 11) is -1.17. The summed E-state index contributed by atoms with van der Waals surface area (Å²) in [6, 6.07) is 7.52. The SMILES string of the molecule is Cc1ccc(S(=O)/C=C\OCCCC=O)cc1. The molecule has 0 amide bonds. The zero-order chi connectivity index (χ0) is 12.5. The van der Waals surface area contributed by atoms with Gasteiger partial charge in [-0.3, -0.25) is 0 Å². The average molecular weight is 252 g/mol. The Balaban J connectivity index is 2.36. The summed E-state index contributed by atoms with van der Waals surface area (Å²) < 4.78 is 16.9. The predicted molar refractivity (Wildman–Crippen MR) is 68.0 cm³/mol. The van der Waals surface area contributed by atoms with Crippen molar-refractivity contribution in [3.05, 3.63) is 41.5 Å². The highest BCUT2D eigenvalue weighted by molar-refractivity contribution is 7.88. The van der Waals surface area contributed by atoms with Gasteiger partial charge in [0, 0.05) is 16.7 Å². The molecule has 0 bridgehead atoms. The predicted octanol–water partition coefficient (Wildman–Crippen LogP) is 2.57. The molecule has 0 aromatic heterocycles. The van der Waals surface area contributed by atoms with Gasteiger partial charge in [-0.1, -0.05) is 17.7 Å². The molecule has 1 atom stereocenters. The van der Waals surface area contributed by atoms with Gasteiger partial charge in [-0.25, -0.2) is 4.21 Å². The van der Waals surface area contributed by atoms with Crippen LogP contribution in [-0.2, 0) is 20.3 Å². The lowest BCUT2D eigenvalue weighted by Gasteiger charge is -1.99. The van der Waals surface area contributed by atoms with Gasteiger partial charge < -0.3 is 9.53 Å². The molecule has 0 aliphatic rings. The molecule has 1 rings (SSSR count). The summed E-state index contributed by atoms with van der Waals surface area (Å²) in [5.41, 5.74) is 1.14. The van der Waals surface area contributed by atoms with Crippen LogP contribution in [0, 0.1) is 6.92 Å². The van der Waals surface area contributed by atoms with E-state index in [1.807, 2.05) is 31.2 Å². The van der Waals surface area contributed by atoms with E-state index in [-0.39, 0.29) is 0 Å². The number of unbranched alkanes of at least 4 members (excludes halogenated alkanes) is 1. The Morgan fingerprint density at radius 2 is 2.00 bits per heavy atom. The first-order valence-electron chi connectivity index (χ1n) is 5.43. The molecular formula is C13H16O3S. The van der Waals surface area contributed by atoms with E-state index >= 15 is 0 Å². The fourth-order valence-electron chi connectivity index (χ4n) is 1.16. The van der Waals surface area contributed by atoms with Crippen LogP contribution in [-0.4, -0.2) is 17.1 Å². The number of ether oxygens (including phenoxy) is 1. The second kappa shape index (κ2) is 7.79. The molecule has 1 unspecified atom stereocenters. The van der Waals surface area contributed by atoms with E-state index in [4.69, 9.17) is 4.74 Å². The standard InChI is InChI=1S/C13H16O3S/c1-12-4-6-13(7-5-12)17(15)11-10-16-9-3-2-8-14/h4-8,10-11H,2-3,9H2,1H3/b11-10-. The summed E-state index contributed by atoms with van der Waals surface area (Å²) in [4.78, 5) is 10.8. The highest BCUT2D eigenvalue weighted by Gasteiger charge is 1.98. The molecule has 17 heavy (non-hydrogen) atoms. The van der Waals surface area contributed by atoms with E-state index in [0.29, 0.717) is 19.4 Å². The number of carbonyl (C=O) groups is 1. The van der Waals surface area contributed by atoms with E-state index < -0.39 is 10.8 Å². The monoisotopic (exact) mass is 252 g/mol. The minimum absolute atomic E-state index is 0.473. The van der Waals surface area contributed by atoms with Gasteiger partial charge in [0.05, 0.1) is 23.7 Å². The van der Waals surface area contributed by atoms with Crippen molar-refractivity contribution < 1.29 is 13.7 Å². The maximum Gasteiger partial charge on any atom is 0.120 e. The molecule has 0 saturated carbocycles. The highest BCUT2D eigenvalue weighted by atomic mass is 32.2. The number of hydrogen-bond donors (Lipinski definition) is 0. The number of aldehydes is 1. The lowest BCUT2D eigenvalue weighted by Crippen LogP contribution is -1.90. The first kappa shape index (κ1) is 13.6. The van der Waals surface area contributed by atoms with Crippen molar-refractivity contribution in [1.29, 1.82) is 0 Å². The zero-order valence-electron chi connectivity index (χ0n) is 9.80. The lowest BCUT2D eigenvalue weighted by atomic mass is 10.2. The lowest BCUT2D eigenvalue weighted by molar-refractivity contribution is -0.108. The molecule has 0 aliphatic heterocycles. The van der Waals surface area contributed by atoms with Gasteiger partial charge in [-0.15, -0.1) is 0 Å². The van der Waals surface area contributed by atoms with Gasteiger partial charge in [-0.2, -0.15) is 0 Å². The molecule has 0 fully saturated rings. The average Bonchev–Trinajstić information content (AvgIpc) is 2.34. The zero-order valence-corrected chi connectivity index (χ0v) is 10.6. The minimum Gasteiger partial charge on any atom is -0.501 e. The normalized spacial score (nSPS) is 12.5. The molecule has 0 spiro atoms. The second-order valence-electron chi connectivity index (χ2n) is 3.56. The van der Waals surface area contributed by atoms with E-state index in [9.17, 15) is 9.00 Å². The van der Waals surface area contributed by atoms with Crippen molar-refractivity contribution in [3.8, 4) is 0 Å². The molecule has 0 heterocycles. The van der Waals surface area contributed by atoms with Gasteiger partial charge in [0.2, 0.25) is 0 Å². The Morgan fingerprint density at radius 1 is 1.29 bits per heavy atom. The first-order valence-corrected chi connectivity index (χ1v) is 6.64. The largest absolute Gasteiger partial charge is 0.501 e. The van der Waals surface area contributed by atoms with Crippen LogP contribution < -0.4 is 0 Å². The third-order valence-corrected chi connectivity index (χ3v) is 3.21. The molecule has 1 aromatic rings. The minimum atomic E-state index is -1.17. The van der Waals surface area contributed by atoms with E-state index in [1.165, 1.54) is 11.7 Å². The summed E-state index contributed by atoms with van der Waals surface area (Å²) in [5, 5.41) is 1.51.